The Labute approximate surface area is 220 Å². The second-order valence-electron chi connectivity index (χ2n) is 13.2. The third-order valence-electron chi connectivity index (χ3n) is 9.91. The molecule has 1 aromatic carbocycles. The lowest BCUT2D eigenvalue weighted by molar-refractivity contribution is 0.0596. The Morgan fingerprint density at radius 2 is 1.92 bits per heavy atom. The van der Waals surface area contributed by atoms with E-state index < -0.39 is 5.60 Å². The number of rotatable bonds is 8. The SMILES string of the molecule is C=C1/C(=C\C=C2/CCC[C@]3(C)[C@@H]([C@H](C)CCCC(C)(C)O)CC[C@@H]23)C[C@@H](O)C[C@@H]1Cc1ccccc1. The highest BCUT2D eigenvalue weighted by molar-refractivity contribution is 5.39. The molecule has 1 aromatic rings. The van der Waals surface area contributed by atoms with Crippen LogP contribution in [0.3, 0.4) is 0 Å². The van der Waals surface area contributed by atoms with Crippen molar-refractivity contribution < 1.29 is 10.2 Å². The standard InChI is InChI=1S/C34H50O2/c1-24(11-9-19-33(3,4)36)31-17-18-32-27(14-10-20-34(31,32)5)15-16-28-22-30(35)23-29(25(28)2)21-26-12-7-6-8-13-26/h6-8,12-13,15-16,24,29-32,35-36H,2,9-11,14,17-23H2,1,3-5H3/b27-15+,28-16-/t24-,29+,30-,31-,32+,34-/m1/s1. The molecule has 0 spiro atoms. The van der Waals surface area contributed by atoms with Gasteiger partial charge in [-0.25, -0.2) is 0 Å². The topological polar surface area (TPSA) is 40.5 Å². The first-order valence-electron chi connectivity index (χ1n) is 14.6. The molecule has 3 fully saturated rings. The van der Waals surface area contributed by atoms with Crippen molar-refractivity contribution in [3.8, 4) is 0 Å². The minimum Gasteiger partial charge on any atom is -0.393 e. The van der Waals surface area contributed by atoms with Crippen LogP contribution in [0.5, 0.6) is 0 Å². The van der Waals surface area contributed by atoms with E-state index in [1.807, 2.05) is 13.8 Å². The number of aliphatic hydroxyl groups excluding tert-OH is 1. The summed E-state index contributed by atoms with van der Waals surface area (Å²) in [4.78, 5) is 0. The zero-order chi connectivity index (χ0) is 25.9. The molecule has 2 nitrogen and oxygen atoms in total. The monoisotopic (exact) mass is 490 g/mol. The van der Waals surface area contributed by atoms with E-state index in [9.17, 15) is 10.2 Å². The molecule has 0 amide bonds. The van der Waals surface area contributed by atoms with Crippen molar-refractivity contribution in [2.45, 2.75) is 110 Å². The van der Waals surface area contributed by atoms with E-state index in [1.165, 1.54) is 55.2 Å². The van der Waals surface area contributed by atoms with Gasteiger partial charge in [-0.05, 0) is 117 Å². The van der Waals surface area contributed by atoms with Crippen molar-refractivity contribution >= 4 is 0 Å². The summed E-state index contributed by atoms with van der Waals surface area (Å²) in [7, 11) is 0. The van der Waals surface area contributed by atoms with Gasteiger partial charge in [0.2, 0.25) is 0 Å². The highest BCUT2D eigenvalue weighted by atomic mass is 16.3. The average molecular weight is 491 g/mol. The fraction of sp³-hybridized carbons (Fsp3) is 0.647. The van der Waals surface area contributed by atoms with Crippen molar-refractivity contribution in [2.75, 3.05) is 0 Å². The summed E-state index contributed by atoms with van der Waals surface area (Å²) in [5.41, 5.74) is 5.29. The van der Waals surface area contributed by atoms with Crippen molar-refractivity contribution in [3.63, 3.8) is 0 Å². The van der Waals surface area contributed by atoms with E-state index in [1.54, 1.807) is 5.57 Å². The fourth-order valence-electron chi connectivity index (χ4n) is 7.96. The largest absolute Gasteiger partial charge is 0.393 e. The summed E-state index contributed by atoms with van der Waals surface area (Å²) in [6, 6.07) is 10.6. The minimum atomic E-state index is -0.549. The minimum absolute atomic E-state index is 0.272. The van der Waals surface area contributed by atoms with Crippen molar-refractivity contribution in [1.82, 2.24) is 0 Å². The van der Waals surface area contributed by atoms with Crippen molar-refractivity contribution in [3.05, 3.63) is 71.3 Å². The highest BCUT2D eigenvalue weighted by Crippen LogP contribution is 2.60. The van der Waals surface area contributed by atoms with Gasteiger partial charge >= 0.3 is 0 Å². The molecule has 2 N–H and O–H groups in total. The van der Waals surface area contributed by atoms with Gasteiger partial charge in [-0.3, -0.25) is 0 Å². The Balaban J connectivity index is 1.45. The van der Waals surface area contributed by atoms with E-state index in [-0.39, 0.29) is 6.10 Å². The Kier molecular flexibility index (Phi) is 8.67. The summed E-state index contributed by atoms with van der Waals surface area (Å²) in [6.07, 6.45) is 16.7. The molecule has 2 heteroatoms. The Morgan fingerprint density at radius 1 is 1.17 bits per heavy atom. The third-order valence-corrected chi connectivity index (χ3v) is 9.91. The molecule has 3 saturated carbocycles. The van der Waals surface area contributed by atoms with Crippen LogP contribution in [0.2, 0.25) is 0 Å². The van der Waals surface area contributed by atoms with Gasteiger partial charge in [0.1, 0.15) is 0 Å². The Morgan fingerprint density at radius 3 is 2.64 bits per heavy atom. The van der Waals surface area contributed by atoms with Gasteiger partial charge in [0.25, 0.3) is 0 Å². The third kappa shape index (κ3) is 6.43. The lowest BCUT2D eigenvalue weighted by atomic mass is 9.60. The van der Waals surface area contributed by atoms with Gasteiger partial charge in [-0.1, -0.05) is 81.3 Å². The van der Waals surface area contributed by atoms with Gasteiger partial charge in [0.15, 0.2) is 0 Å². The molecular formula is C34H50O2. The van der Waals surface area contributed by atoms with Crippen LogP contribution in [0, 0.1) is 29.1 Å². The van der Waals surface area contributed by atoms with Gasteiger partial charge in [0, 0.05) is 0 Å². The van der Waals surface area contributed by atoms with Gasteiger partial charge in [-0.2, -0.15) is 0 Å². The maximum Gasteiger partial charge on any atom is 0.0591 e. The van der Waals surface area contributed by atoms with Crippen LogP contribution in [-0.2, 0) is 6.42 Å². The predicted molar refractivity (Wildman–Crippen MR) is 152 cm³/mol. The normalized spacial score (nSPS) is 34.2. The van der Waals surface area contributed by atoms with Gasteiger partial charge in [0.05, 0.1) is 11.7 Å². The molecule has 198 valence electrons. The molecule has 36 heavy (non-hydrogen) atoms. The van der Waals surface area contributed by atoms with Crippen LogP contribution in [0.15, 0.2) is 65.8 Å². The molecule has 0 aliphatic heterocycles. The number of fused-ring (bicyclic) bond motifs is 1. The molecule has 3 aliphatic carbocycles. The average Bonchev–Trinajstić information content (AvgIpc) is 3.17. The summed E-state index contributed by atoms with van der Waals surface area (Å²) in [6.45, 7) is 13.4. The zero-order valence-corrected chi connectivity index (χ0v) is 23.3. The zero-order valence-electron chi connectivity index (χ0n) is 23.3. The van der Waals surface area contributed by atoms with Gasteiger partial charge < -0.3 is 10.2 Å². The molecule has 0 bridgehead atoms. The first kappa shape index (κ1) is 27.4. The van der Waals surface area contributed by atoms with E-state index >= 15 is 0 Å². The van der Waals surface area contributed by atoms with Crippen LogP contribution in [0.4, 0.5) is 0 Å². The number of hydrogen-bond acceptors (Lipinski definition) is 2. The Bertz CT molecular complexity index is 949. The van der Waals surface area contributed by atoms with Crippen molar-refractivity contribution in [1.29, 1.82) is 0 Å². The van der Waals surface area contributed by atoms with E-state index in [4.69, 9.17) is 0 Å². The first-order chi connectivity index (χ1) is 17.1. The van der Waals surface area contributed by atoms with Crippen LogP contribution < -0.4 is 0 Å². The number of aliphatic hydroxyl groups is 2. The molecule has 0 aromatic heterocycles. The molecule has 0 unspecified atom stereocenters. The quantitative estimate of drug-likeness (QED) is 0.385. The van der Waals surface area contributed by atoms with Gasteiger partial charge in [-0.15, -0.1) is 0 Å². The predicted octanol–water partition coefficient (Wildman–Crippen LogP) is 8.20. The molecule has 0 saturated heterocycles. The summed E-state index contributed by atoms with van der Waals surface area (Å²) >= 11 is 0. The lowest BCUT2D eigenvalue weighted by Crippen LogP contribution is -2.36. The van der Waals surface area contributed by atoms with Crippen LogP contribution in [0.25, 0.3) is 0 Å². The smallest absolute Gasteiger partial charge is 0.0591 e. The Hall–Kier alpha value is -1.64. The number of allylic oxidation sites excluding steroid dienone is 4. The maximum atomic E-state index is 10.7. The second kappa shape index (κ2) is 11.4. The number of benzene rings is 1. The molecule has 0 heterocycles. The van der Waals surface area contributed by atoms with E-state index in [2.05, 4.69) is 62.9 Å². The molecule has 4 rings (SSSR count). The molecule has 3 aliphatic rings. The highest BCUT2D eigenvalue weighted by Gasteiger charge is 2.50. The van der Waals surface area contributed by atoms with E-state index in [0.29, 0.717) is 23.2 Å². The molecule has 0 radical (unpaired) electrons. The number of hydrogen-bond donors (Lipinski definition) is 2. The van der Waals surface area contributed by atoms with E-state index in [0.717, 1.165) is 38.0 Å². The van der Waals surface area contributed by atoms with Crippen molar-refractivity contribution in [2.24, 2.45) is 29.1 Å². The van der Waals surface area contributed by atoms with Crippen LogP contribution >= 0.6 is 0 Å². The first-order valence-corrected chi connectivity index (χ1v) is 14.6. The lowest BCUT2D eigenvalue weighted by Gasteiger charge is -2.44. The summed E-state index contributed by atoms with van der Waals surface area (Å²) < 4.78 is 0. The van der Waals surface area contributed by atoms with Crippen LogP contribution in [0.1, 0.15) is 97.5 Å². The second-order valence-corrected chi connectivity index (χ2v) is 13.2. The summed E-state index contributed by atoms with van der Waals surface area (Å²) in [5.74, 6) is 2.50. The molecular weight excluding hydrogens is 440 g/mol. The maximum absolute atomic E-state index is 10.7. The summed E-state index contributed by atoms with van der Waals surface area (Å²) in [5, 5.41) is 20.8. The fourth-order valence-corrected chi connectivity index (χ4v) is 7.96. The van der Waals surface area contributed by atoms with Crippen LogP contribution in [-0.4, -0.2) is 21.9 Å². The molecule has 6 atom stereocenters.